The van der Waals surface area contributed by atoms with Gasteiger partial charge in [0.2, 0.25) is 12.0 Å². The standard InChI is InChI=1S/C34H38N6O6/c1-20-27(44-26-11-7-9-23(29(20)26)17-36-24-10-8-14-35-18-24)19-40(6)28(41)13-12-22-15-25-31(37-16-22)39-32(42)30(21(2)38-25)45-33(43)46-34(3,4)5/h7-16,18,21,30,36,38H,17,19H2,1-6H3,(H,37,39,42)/b13-12+/t21-,30+/m1/s1. The van der Waals surface area contributed by atoms with Crippen molar-refractivity contribution in [3.05, 3.63) is 83.5 Å². The molecule has 0 spiro atoms. The predicted molar refractivity (Wildman–Crippen MR) is 175 cm³/mol. The Labute approximate surface area is 267 Å². The molecule has 5 rings (SSSR count). The summed E-state index contributed by atoms with van der Waals surface area (Å²) in [7, 11) is 1.71. The first-order chi connectivity index (χ1) is 21.9. The first kappa shape index (κ1) is 32.0. The number of aryl methyl sites for hydroxylation is 1. The average molecular weight is 627 g/mol. The number of fused-ring (bicyclic) bond motifs is 2. The van der Waals surface area contributed by atoms with Crippen LogP contribution in [0.3, 0.4) is 0 Å². The summed E-state index contributed by atoms with van der Waals surface area (Å²) in [6.45, 7) is 9.72. The van der Waals surface area contributed by atoms with Crippen molar-refractivity contribution < 1.29 is 28.3 Å². The lowest BCUT2D eigenvalue weighted by Crippen LogP contribution is -2.43. The predicted octanol–water partition coefficient (Wildman–Crippen LogP) is 5.89. The van der Waals surface area contributed by atoms with Gasteiger partial charge in [0.25, 0.3) is 5.91 Å². The number of nitrogens with zero attached hydrogens (tertiary/aromatic N) is 3. The van der Waals surface area contributed by atoms with Crippen molar-refractivity contribution in [3.63, 3.8) is 0 Å². The number of aromatic nitrogens is 2. The summed E-state index contributed by atoms with van der Waals surface area (Å²) in [5.74, 6) is 0.226. The molecule has 240 valence electrons. The molecule has 12 heteroatoms. The Morgan fingerprint density at radius 2 is 1.98 bits per heavy atom. The van der Waals surface area contributed by atoms with Crippen LogP contribution in [0, 0.1) is 6.92 Å². The van der Waals surface area contributed by atoms with Crippen LogP contribution in [0.15, 0.2) is 65.5 Å². The van der Waals surface area contributed by atoms with E-state index >= 15 is 0 Å². The third-order valence-electron chi connectivity index (χ3n) is 7.32. The summed E-state index contributed by atoms with van der Waals surface area (Å²) in [6.07, 6.45) is 6.06. The molecule has 2 atom stereocenters. The monoisotopic (exact) mass is 626 g/mol. The molecule has 12 nitrogen and oxygen atoms in total. The number of carbonyl (C=O) groups excluding carboxylic acids is 3. The van der Waals surface area contributed by atoms with E-state index in [0.29, 0.717) is 23.6 Å². The second-order valence-corrected chi connectivity index (χ2v) is 12.2. The van der Waals surface area contributed by atoms with Gasteiger partial charge in [-0.1, -0.05) is 12.1 Å². The van der Waals surface area contributed by atoms with E-state index in [0.717, 1.165) is 27.8 Å². The molecule has 4 aromatic rings. The van der Waals surface area contributed by atoms with Gasteiger partial charge in [-0.2, -0.15) is 0 Å². The van der Waals surface area contributed by atoms with E-state index in [1.165, 1.54) is 12.3 Å². The number of amides is 2. The fourth-order valence-electron chi connectivity index (χ4n) is 5.04. The second kappa shape index (κ2) is 13.3. The van der Waals surface area contributed by atoms with E-state index in [4.69, 9.17) is 13.9 Å². The number of likely N-dealkylation sites (N-methyl/N-ethyl adjacent to an activating group) is 1. The van der Waals surface area contributed by atoms with Crippen molar-refractivity contribution in [1.82, 2.24) is 14.9 Å². The molecule has 2 amide bonds. The van der Waals surface area contributed by atoms with Crippen LogP contribution in [-0.2, 0) is 32.2 Å². The normalized spacial score (nSPS) is 16.3. The summed E-state index contributed by atoms with van der Waals surface area (Å²) >= 11 is 0. The van der Waals surface area contributed by atoms with Crippen LogP contribution in [-0.4, -0.2) is 57.6 Å². The van der Waals surface area contributed by atoms with Gasteiger partial charge in [-0.25, -0.2) is 9.78 Å². The second-order valence-electron chi connectivity index (χ2n) is 12.2. The Morgan fingerprint density at radius 1 is 1.17 bits per heavy atom. The third kappa shape index (κ3) is 7.63. The lowest BCUT2D eigenvalue weighted by molar-refractivity contribution is -0.127. The van der Waals surface area contributed by atoms with Crippen LogP contribution in [0.5, 0.6) is 0 Å². The maximum Gasteiger partial charge on any atom is 0.509 e. The summed E-state index contributed by atoms with van der Waals surface area (Å²) in [5.41, 5.74) is 4.14. The maximum absolute atomic E-state index is 13.1. The van der Waals surface area contributed by atoms with E-state index in [1.807, 2.05) is 31.2 Å². The third-order valence-corrected chi connectivity index (χ3v) is 7.32. The lowest BCUT2D eigenvalue weighted by atomic mass is 10.1. The van der Waals surface area contributed by atoms with Gasteiger partial charge in [0, 0.05) is 49.2 Å². The molecule has 0 fully saturated rings. The van der Waals surface area contributed by atoms with Crippen LogP contribution < -0.4 is 16.0 Å². The van der Waals surface area contributed by atoms with Gasteiger partial charge in [-0.05, 0) is 76.1 Å². The minimum atomic E-state index is -1.14. The number of ether oxygens (including phenoxy) is 2. The molecule has 1 aliphatic heterocycles. The van der Waals surface area contributed by atoms with E-state index in [2.05, 4.69) is 32.0 Å². The maximum atomic E-state index is 13.1. The zero-order valence-corrected chi connectivity index (χ0v) is 26.7. The number of carbonyl (C=O) groups is 3. The van der Waals surface area contributed by atoms with E-state index < -0.39 is 29.8 Å². The van der Waals surface area contributed by atoms with Crippen LogP contribution in [0.2, 0.25) is 0 Å². The fourth-order valence-corrected chi connectivity index (χ4v) is 5.04. The molecule has 3 aromatic heterocycles. The molecular weight excluding hydrogens is 588 g/mol. The van der Waals surface area contributed by atoms with Gasteiger partial charge in [0.05, 0.1) is 24.0 Å². The number of rotatable bonds is 8. The highest BCUT2D eigenvalue weighted by atomic mass is 16.7. The highest BCUT2D eigenvalue weighted by Gasteiger charge is 2.35. The van der Waals surface area contributed by atoms with Gasteiger partial charge in [-0.15, -0.1) is 0 Å². The average Bonchev–Trinajstić information content (AvgIpc) is 3.27. The molecule has 0 bridgehead atoms. The number of furan rings is 1. The van der Waals surface area contributed by atoms with Crippen LogP contribution >= 0.6 is 0 Å². The molecule has 1 aromatic carbocycles. The highest BCUT2D eigenvalue weighted by Crippen LogP contribution is 2.30. The van der Waals surface area contributed by atoms with Crippen LogP contribution in [0.1, 0.15) is 50.1 Å². The van der Waals surface area contributed by atoms with Crippen molar-refractivity contribution in [1.29, 1.82) is 0 Å². The Balaban J connectivity index is 1.23. The van der Waals surface area contributed by atoms with Crippen molar-refractivity contribution in [2.75, 3.05) is 23.0 Å². The lowest BCUT2D eigenvalue weighted by Gasteiger charge is -2.24. The molecule has 0 saturated heterocycles. The summed E-state index contributed by atoms with van der Waals surface area (Å²) < 4.78 is 16.7. The first-order valence-electron chi connectivity index (χ1n) is 14.9. The molecule has 0 saturated carbocycles. The minimum absolute atomic E-state index is 0.228. The quantitative estimate of drug-likeness (QED) is 0.160. The van der Waals surface area contributed by atoms with Gasteiger partial charge in [-0.3, -0.25) is 14.6 Å². The Hall–Kier alpha value is -5.39. The molecule has 1 aliphatic rings. The van der Waals surface area contributed by atoms with Crippen molar-refractivity contribution >= 4 is 52.2 Å². The Morgan fingerprint density at radius 3 is 2.72 bits per heavy atom. The number of hydrogen-bond acceptors (Lipinski definition) is 10. The van der Waals surface area contributed by atoms with Crippen molar-refractivity contribution in [2.24, 2.45) is 0 Å². The van der Waals surface area contributed by atoms with Crippen LogP contribution in [0.4, 0.5) is 22.0 Å². The largest absolute Gasteiger partial charge is 0.509 e. The number of nitrogens with one attached hydrogen (secondary N) is 3. The number of anilines is 3. The Kier molecular flexibility index (Phi) is 9.26. The topological polar surface area (TPSA) is 148 Å². The number of pyridine rings is 2. The van der Waals surface area contributed by atoms with Gasteiger partial charge >= 0.3 is 6.16 Å². The van der Waals surface area contributed by atoms with Crippen molar-refractivity contribution in [2.45, 2.75) is 65.5 Å². The van der Waals surface area contributed by atoms with E-state index in [1.54, 1.807) is 64.2 Å². The van der Waals surface area contributed by atoms with Gasteiger partial charge in [0.15, 0.2) is 5.82 Å². The molecule has 46 heavy (non-hydrogen) atoms. The zero-order chi connectivity index (χ0) is 33.0. The summed E-state index contributed by atoms with van der Waals surface area (Å²) in [5, 5.41) is 10.3. The van der Waals surface area contributed by atoms with Crippen molar-refractivity contribution in [3.8, 4) is 0 Å². The number of hydrogen-bond donors (Lipinski definition) is 3. The number of benzene rings is 1. The summed E-state index contributed by atoms with van der Waals surface area (Å²) in [6, 6.07) is 11.0. The van der Waals surface area contributed by atoms with Gasteiger partial charge in [0.1, 0.15) is 16.9 Å². The van der Waals surface area contributed by atoms with Gasteiger partial charge < -0.3 is 34.7 Å². The molecule has 3 N–H and O–H groups in total. The minimum Gasteiger partial charge on any atom is -0.459 e. The molecule has 0 aliphatic carbocycles. The smallest absolute Gasteiger partial charge is 0.459 e. The molecule has 4 heterocycles. The van der Waals surface area contributed by atoms with E-state index in [-0.39, 0.29) is 18.3 Å². The molecular formula is C34H38N6O6. The first-order valence-corrected chi connectivity index (χ1v) is 14.9. The zero-order valence-electron chi connectivity index (χ0n) is 26.7. The molecule has 0 radical (unpaired) electrons. The van der Waals surface area contributed by atoms with E-state index in [9.17, 15) is 14.4 Å². The van der Waals surface area contributed by atoms with Crippen LogP contribution in [0.25, 0.3) is 17.0 Å². The SMILES string of the molecule is Cc1c(CN(C)C(=O)/C=C/c2cnc3c(c2)N[C@H](C)[C@H](OC(=O)OC(C)(C)C)C(=O)N3)oc2cccc(CNc3cccnc3)c12. The Bertz CT molecular complexity index is 1780. The summed E-state index contributed by atoms with van der Waals surface area (Å²) in [4.78, 5) is 48.2. The highest BCUT2D eigenvalue weighted by molar-refractivity contribution is 5.99. The fraction of sp³-hybridized carbons (Fsp3) is 0.324. The molecule has 0 unspecified atom stereocenters.